The second kappa shape index (κ2) is 14.2. The molecular formula is C32H44FN3O2. The summed E-state index contributed by atoms with van der Waals surface area (Å²) >= 11 is 0. The number of hydrogen-bond donors (Lipinski definition) is 3. The molecule has 3 rings (SSSR count). The Hall–Kier alpha value is -3.11. The molecule has 0 spiro atoms. The van der Waals surface area contributed by atoms with Gasteiger partial charge in [-0.1, -0.05) is 39.0 Å². The van der Waals surface area contributed by atoms with Gasteiger partial charge in [-0.05, 0) is 116 Å². The van der Waals surface area contributed by atoms with Crippen LogP contribution in [0.2, 0.25) is 0 Å². The molecule has 1 aromatic heterocycles. The van der Waals surface area contributed by atoms with Gasteiger partial charge in [0.15, 0.2) is 0 Å². The Morgan fingerprint density at radius 1 is 1.16 bits per heavy atom. The van der Waals surface area contributed by atoms with E-state index in [1.54, 1.807) is 19.3 Å². The number of nitrogens with zero attached hydrogens (tertiary/aromatic N) is 1. The van der Waals surface area contributed by atoms with Crippen molar-refractivity contribution in [2.45, 2.75) is 84.2 Å². The van der Waals surface area contributed by atoms with E-state index < -0.39 is 11.9 Å². The largest absolute Gasteiger partial charge is 0.493 e. The molecule has 3 N–H and O–H groups in total. The van der Waals surface area contributed by atoms with E-state index in [0.717, 1.165) is 60.3 Å². The molecule has 2 aliphatic carbocycles. The number of alkyl halides is 1. The summed E-state index contributed by atoms with van der Waals surface area (Å²) in [6.45, 7) is 12.6. The predicted molar refractivity (Wildman–Crippen MR) is 156 cm³/mol. The average molecular weight is 522 g/mol. The first-order valence-corrected chi connectivity index (χ1v) is 14.0. The van der Waals surface area contributed by atoms with E-state index in [1.807, 2.05) is 13.0 Å². The third kappa shape index (κ3) is 9.02. The van der Waals surface area contributed by atoms with Crippen LogP contribution in [0.15, 0.2) is 68.7 Å². The zero-order valence-electron chi connectivity index (χ0n) is 23.3. The van der Waals surface area contributed by atoms with Crippen molar-refractivity contribution in [3.63, 3.8) is 0 Å². The molecule has 0 amide bonds. The Morgan fingerprint density at radius 2 is 1.82 bits per heavy atom. The summed E-state index contributed by atoms with van der Waals surface area (Å²) in [5.41, 5.74) is 7.83. The molecule has 1 heterocycles. The minimum absolute atomic E-state index is 0.210. The summed E-state index contributed by atoms with van der Waals surface area (Å²) in [5, 5.41) is 10.0. The fraction of sp³-hybridized carbons (Fsp3) is 0.531. The summed E-state index contributed by atoms with van der Waals surface area (Å²) in [5.74, 6) is 1.54. The van der Waals surface area contributed by atoms with Gasteiger partial charge in [-0.25, -0.2) is 9.18 Å². The molecule has 0 radical (unpaired) electrons. The van der Waals surface area contributed by atoms with Crippen molar-refractivity contribution in [3.8, 4) is 5.88 Å². The number of imidazole rings is 1. The molecule has 2 saturated carbocycles. The summed E-state index contributed by atoms with van der Waals surface area (Å²) in [6, 6.07) is 0. The first-order valence-electron chi connectivity index (χ1n) is 14.0. The van der Waals surface area contributed by atoms with Crippen LogP contribution in [0.3, 0.4) is 0 Å². The van der Waals surface area contributed by atoms with Crippen LogP contribution in [0.1, 0.15) is 83.7 Å². The van der Waals surface area contributed by atoms with Crippen molar-refractivity contribution >= 4 is 12.3 Å². The maximum Gasteiger partial charge on any atom is 0.326 e. The Kier molecular flexibility index (Phi) is 11.0. The highest BCUT2D eigenvalue weighted by Gasteiger charge is 2.23. The van der Waals surface area contributed by atoms with E-state index in [-0.39, 0.29) is 5.88 Å². The van der Waals surface area contributed by atoms with Gasteiger partial charge in [0, 0.05) is 13.3 Å². The lowest BCUT2D eigenvalue weighted by atomic mass is 9.83. The van der Waals surface area contributed by atoms with E-state index in [2.05, 4.69) is 46.8 Å². The number of allylic oxidation sites excluding steroid dienone is 7. The van der Waals surface area contributed by atoms with Crippen molar-refractivity contribution in [1.29, 1.82) is 0 Å². The highest BCUT2D eigenvalue weighted by atomic mass is 19.1. The molecule has 0 aromatic carbocycles. The normalized spacial score (nSPS) is 21.9. The van der Waals surface area contributed by atoms with Gasteiger partial charge in [-0.15, -0.1) is 5.73 Å². The highest BCUT2D eigenvalue weighted by Crippen LogP contribution is 2.37. The molecule has 0 aliphatic heterocycles. The lowest BCUT2D eigenvalue weighted by molar-refractivity contribution is 0.202. The average Bonchev–Trinajstić information content (AvgIpc) is 3.66. The highest BCUT2D eigenvalue weighted by molar-refractivity contribution is 5.91. The first kappa shape index (κ1) is 29.4. The van der Waals surface area contributed by atoms with E-state index in [9.17, 15) is 14.3 Å². The topological polar surface area (TPSA) is 81.2 Å². The third-order valence-electron chi connectivity index (χ3n) is 7.91. The second-order valence-corrected chi connectivity index (χ2v) is 11.1. The van der Waals surface area contributed by atoms with Crippen LogP contribution >= 0.6 is 0 Å². The van der Waals surface area contributed by atoms with E-state index >= 15 is 0 Å². The van der Waals surface area contributed by atoms with Crippen molar-refractivity contribution < 1.29 is 9.50 Å². The van der Waals surface area contributed by atoms with Gasteiger partial charge < -0.3 is 10.1 Å². The van der Waals surface area contributed by atoms with Crippen molar-refractivity contribution in [2.24, 2.45) is 22.7 Å². The van der Waals surface area contributed by atoms with Crippen LogP contribution in [-0.4, -0.2) is 34.5 Å². The number of halogens is 1. The van der Waals surface area contributed by atoms with Gasteiger partial charge in [0.25, 0.3) is 0 Å². The SMILES string of the molecule is C=C=C(/C=C(\C(=C)/C=C(C)/C(C=NC)=C\c1[nH]c(=O)[nH]c1O)C(C)CCC1CC1)CCC1CCC(F)CC1. The monoisotopic (exact) mass is 521 g/mol. The molecule has 38 heavy (non-hydrogen) atoms. The number of nitrogens with one attached hydrogen (secondary N) is 2. The number of aromatic hydroxyl groups is 1. The molecule has 0 saturated heterocycles. The van der Waals surface area contributed by atoms with Gasteiger partial charge in [-0.3, -0.25) is 9.98 Å². The van der Waals surface area contributed by atoms with Crippen LogP contribution in [0.25, 0.3) is 6.08 Å². The second-order valence-electron chi connectivity index (χ2n) is 11.1. The lowest BCUT2D eigenvalue weighted by Crippen LogP contribution is -2.15. The number of hydrogen-bond acceptors (Lipinski definition) is 3. The van der Waals surface area contributed by atoms with Crippen LogP contribution in [0, 0.1) is 17.8 Å². The molecule has 0 bridgehead atoms. The van der Waals surface area contributed by atoms with Crippen LogP contribution in [0.4, 0.5) is 4.39 Å². The molecule has 6 heteroatoms. The lowest BCUT2D eigenvalue weighted by Gasteiger charge is -2.24. The van der Waals surface area contributed by atoms with E-state index in [1.165, 1.54) is 24.8 Å². The Bertz CT molecular complexity index is 1190. The van der Waals surface area contributed by atoms with E-state index in [4.69, 9.17) is 0 Å². The zero-order chi connectivity index (χ0) is 27.7. The summed E-state index contributed by atoms with van der Waals surface area (Å²) in [4.78, 5) is 20.7. The smallest absolute Gasteiger partial charge is 0.326 e. The molecular weight excluding hydrogens is 477 g/mol. The van der Waals surface area contributed by atoms with Crippen LogP contribution < -0.4 is 5.69 Å². The van der Waals surface area contributed by atoms with Crippen molar-refractivity contribution in [3.05, 3.63) is 75.1 Å². The Morgan fingerprint density at radius 3 is 2.39 bits per heavy atom. The van der Waals surface area contributed by atoms with E-state index in [0.29, 0.717) is 30.4 Å². The Balaban J connectivity index is 1.83. The molecule has 1 atom stereocenters. The standard InChI is InChI=1S/C32H44FN3O2/c1-6-24(9-10-26-13-15-28(33)16-14-26)18-29(21(2)7-8-25-11-12-25)23(4)17-22(3)27(20-34-5)19-30-31(37)36-32(38)35-30/h17-21,25-26,28,37H,1,4,7-16H2,2-3,5H3,(H2,35,36,38)/b22-17+,27-19-,29-18-,34-20?. The molecule has 1 unspecified atom stereocenters. The number of H-pyrrole nitrogens is 2. The van der Waals surface area contributed by atoms with Gasteiger partial charge in [0.2, 0.25) is 5.88 Å². The van der Waals surface area contributed by atoms with Crippen molar-refractivity contribution in [2.75, 3.05) is 7.05 Å². The number of aliphatic imine (C=N–C) groups is 1. The summed E-state index contributed by atoms with van der Waals surface area (Å²) in [7, 11) is 1.68. The fourth-order valence-corrected chi connectivity index (χ4v) is 5.24. The zero-order valence-corrected chi connectivity index (χ0v) is 23.3. The van der Waals surface area contributed by atoms with Crippen LogP contribution in [0.5, 0.6) is 5.88 Å². The van der Waals surface area contributed by atoms with Gasteiger partial charge >= 0.3 is 5.69 Å². The quantitative estimate of drug-likeness (QED) is 0.141. The summed E-state index contributed by atoms with van der Waals surface area (Å²) in [6.07, 6.45) is 17.2. The Labute approximate surface area is 226 Å². The molecule has 206 valence electrons. The number of aromatic amines is 2. The molecule has 5 nitrogen and oxygen atoms in total. The minimum atomic E-state index is -0.629. The number of rotatable bonds is 13. The maximum absolute atomic E-state index is 13.6. The fourth-order valence-electron chi connectivity index (χ4n) is 5.24. The first-order chi connectivity index (χ1) is 18.2. The van der Waals surface area contributed by atoms with Crippen molar-refractivity contribution in [1.82, 2.24) is 9.97 Å². The van der Waals surface area contributed by atoms with Gasteiger partial charge in [-0.2, -0.15) is 0 Å². The summed E-state index contributed by atoms with van der Waals surface area (Å²) < 4.78 is 13.6. The molecule has 2 fully saturated rings. The minimum Gasteiger partial charge on any atom is -0.493 e. The molecule has 2 aliphatic rings. The van der Waals surface area contributed by atoms with Gasteiger partial charge in [0.1, 0.15) is 11.9 Å². The predicted octanol–water partition coefficient (Wildman–Crippen LogP) is 7.77. The molecule has 1 aromatic rings. The maximum atomic E-state index is 13.6. The van der Waals surface area contributed by atoms with Crippen LogP contribution in [-0.2, 0) is 0 Å². The number of aromatic nitrogens is 2. The van der Waals surface area contributed by atoms with Gasteiger partial charge in [0.05, 0.1) is 0 Å². The third-order valence-corrected chi connectivity index (χ3v) is 7.91.